The molecule has 7 rings (SSSR count). The van der Waals surface area contributed by atoms with Gasteiger partial charge in [0, 0.05) is 36.4 Å². The second-order valence-corrected chi connectivity index (χ2v) is 8.91. The zero-order valence-corrected chi connectivity index (χ0v) is 18.7. The van der Waals surface area contributed by atoms with E-state index in [1.54, 1.807) is 23.6 Å². The van der Waals surface area contributed by atoms with Crippen LogP contribution in [0.1, 0.15) is 59.2 Å². The lowest BCUT2D eigenvalue weighted by Gasteiger charge is -2.32. The van der Waals surface area contributed by atoms with E-state index < -0.39 is 6.04 Å². The van der Waals surface area contributed by atoms with E-state index in [0.29, 0.717) is 30.4 Å². The molecule has 0 bridgehead atoms. The van der Waals surface area contributed by atoms with Crippen LogP contribution in [0.3, 0.4) is 0 Å². The van der Waals surface area contributed by atoms with E-state index in [2.05, 4.69) is 30.2 Å². The Labute approximate surface area is 199 Å². The number of fused-ring (bicyclic) bond motifs is 2. The molecule has 1 N–H and O–H groups in total. The molecular weight excluding hydrogens is 446 g/mol. The van der Waals surface area contributed by atoms with Crippen LogP contribution < -0.4 is 0 Å². The highest BCUT2D eigenvalue weighted by molar-refractivity contribution is 5.90. The summed E-state index contributed by atoms with van der Waals surface area (Å²) in [5.74, 6) is 0.299. The zero-order chi connectivity index (χ0) is 23.4. The van der Waals surface area contributed by atoms with Gasteiger partial charge in [-0.2, -0.15) is 5.10 Å². The molecule has 11 heteroatoms. The molecule has 1 aromatic carbocycles. The number of para-hydroxylation sites is 1. The highest BCUT2D eigenvalue weighted by Gasteiger charge is 2.38. The Morgan fingerprint density at radius 1 is 1.11 bits per heavy atom. The van der Waals surface area contributed by atoms with Gasteiger partial charge in [0.1, 0.15) is 6.04 Å². The highest BCUT2D eigenvalue weighted by Crippen LogP contribution is 2.34. The molecule has 2 aliphatic rings. The van der Waals surface area contributed by atoms with Crippen molar-refractivity contribution in [3.8, 4) is 11.5 Å². The topological polar surface area (TPSA) is 132 Å². The van der Waals surface area contributed by atoms with Gasteiger partial charge in [0.05, 0.1) is 35.3 Å². The van der Waals surface area contributed by atoms with E-state index in [4.69, 9.17) is 9.40 Å². The fourth-order valence-electron chi connectivity index (χ4n) is 4.72. The van der Waals surface area contributed by atoms with Crippen LogP contribution in [0, 0.1) is 0 Å². The molecular formula is C24H21N9O2. The first-order valence-electron chi connectivity index (χ1n) is 11.7. The van der Waals surface area contributed by atoms with Gasteiger partial charge < -0.3 is 14.3 Å². The van der Waals surface area contributed by atoms with Gasteiger partial charge in [-0.3, -0.25) is 9.48 Å². The third kappa shape index (κ3) is 3.30. The van der Waals surface area contributed by atoms with Gasteiger partial charge in [0.15, 0.2) is 5.82 Å². The maximum Gasteiger partial charge on any atom is 0.312 e. The first-order valence-corrected chi connectivity index (χ1v) is 11.7. The van der Waals surface area contributed by atoms with Crippen molar-refractivity contribution in [3.63, 3.8) is 0 Å². The molecule has 35 heavy (non-hydrogen) atoms. The van der Waals surface area contributed by atoms with E-state index >= 15 is 0 Å². The second-order valence-electron chi connectivity index (χ2n) is 8.91. The van der Waals surface area contributed by atoms with Gasteiger partial charge in [-0.15, -0.1) is 10.2 Å². The van der Waals surface area contributed by atoms with Crippen LogP contribution in [0.4, 0.5) is 0 Å². The van der Waals surface area contributed by atoms with Crippen molar-refractivity contribution in [2.45, 2.75) is 37.8 Å². The molecule has 0 radical (unpaired) electrons. The number of carbonyl (C=O) groups excluding carboxylic acids is 1. The van der Waals surface area contributed by atoms with Crippen LogP contribution in [-0.4, -0.2) is 57.3 Å². The molecule has 1 aliphatic carbocycles. The number of hydrogen-bond acceptors (Lipinski definition) is 8. The maximum absolute atomic E-state index is 13.6. The maximum atomic E-state index is 13.6. The quantitative estimate of drug-likeness (QED) is 0.426. The van der Waals surface area contributed by atoms with Crippen LogP contribution in [0.5, 0.6) is 0 Å². The van der Waals surface area contributed by atoms with Crippen molar-refractivity contribution in [2.75, 3.05) is 6.54 Å². The molecule has 0 spiro atoms. The Morgan fingerprint density at radius 2 is 2.03 bits per heavy atom. The first kappa shape index (κ1) is 20.0. The molecule has 174 valence electrons. The number of nitrogens with zero attached hydrogens (tertiary/aromatic N) is 8. The molecule has 1 atom stereocenters. The summed E-state index contributed by atoms with van der Waals surface area (Å²) >= 11 is 0. The largest absolute Gasteiger partial charge is 0.412 e. The predicted molar refractivity (Wildman–Crippen MR) is 123 cm³/mol. The van der Waals surface area contributed by atoms with E-state index in [-0.39, 0.29) is 17.7 Å². The van der Waals surface area contributed by atoms with Crippen molar-refractivity contribution in [1.29, 1.82) is 0 Å². The lowest BCUT2D eigenvalue weighted by molar-refractivity contribution is 0.0643. The smallest absolute Gasteiger partial charge is 0.312 e. The normalized spacial score (nSPS) is 17.9. The molecule has 0 unspecified atom stereocenters. The highest BCUT2D eigenvalue weighted by atomic mass is 16.4. The van der Waals surface area contributed by atoms with Crippen molar-refractivity contribution in [2.24, 2.45) is 0 Å². The fourth-order valence-corrected chi connectivity index (χ4v) is 4.72. The lowest BCUT2D eigenvalue weighted by atomic mass is 9.93. The molecule has 1 fully saturated rings. The summed E-state index contributed by atoms with van der Waals surface area (Å²) < 4.78 is 7.75. The Kier molecular flexibility index (Phi) is 4.47. The zero-order valence-electron chi connectivity index (χ0n) is 18.7. The van der Waals surface area contributed by atoms with Gasteiger partial charge in [0.25, 0.3) is 5.89 Å². The van der Waals surface area contributed by atoms with Crippen LogP contribution in [0.2, 0.25) is 0 Å². The van der Waals surface area contributed by atoms with Crippen molar-refractivity contribution in [1.82, 2.24) is 44.8 Å². The number of H-pyrrole nitrogens is 1. The summed E-state index contributed by atoms with van der Waals surface area (Å²) in [5.41, 5.74) is 3.19. The van der Waals surface area contributed by atoms with Gasteiger partial charge in [-0.25, -0.2) is 15.0 Å². The summed E-state index contributed by atoms with van der Waals surface area (Å²) in [6.45, 7) is 0.437. The van der Waals surface area contributed by atoms with Gasteiger partial charge in [0.2, 0.25) is 0 Å². The number of carbonyl (C=O) groups is 1. The number of rotatable bonds is 4. The summed E-state index contributed by atoms with van der Waals surface area (Å²) in [6.07, 6.45) is 11.1. The summed E-state index contributed by atoms with van der Waals surface area (Å²) in [7, 11) is 0. The molecule has 1 amide bonds. The fraction of sp³-hybridized carbons (Fsp3) is 0.292. The van der Waals surface area contributed by atoms with Crippen molar-refractivity contribution < 1.29 is 9.21 Å². The molecule has 1 saturated carbocycles. The minimum atomic E-state index is -0.571. The first-order chi connectivity index (χ1) is 17.2. The molecule has 0 saturated heterocycles. The summed E-state index contributed by atoms with van der Waals surface area (Å²) in [5, 5.41) is 13.5. The Balaban J connectivity index is 1.23. The van der Waals surface area contributed by atoms with E-state index in [9.17, 15) is 4.79 Å². The monoisotopic (exact) mass is 467 g/mol. The standard InChI is InChI=1S/C24H21N9O2/c34-24(23-31-30-22(35-23)15-11-28-33(12-15)16-5-3-6-16)32-9-8-18-19(27-13-26-18)20(32)21-25-10-14-4-1-2-7-17(14)29-21/h1-2,4,7,10-13,16,20H,3,5-6,8-9H2,(H,26,27)/t20-/m0/s1. The molecule has 11 nitrogen and oxygen atoms in total. The summed E-state index contributed by atoms with van der Waals surface area (Å²) in [6, 6.07) is 7.60. The molecule has 5 heterocycles. The van der Waals surface area contributed by atoms with Gasteiger partial charge in [-0.05, 0) is 25.3 Å². The van der Waals surface area contributed by atoms with Crippen LogP contribution in [0.15, 0.2) is 53.6 Å². The van der Waals surface area contributed by atoms with Gasteiger partial charge in [-0.1, -0.05) is 18.2 Å². The predicted octanol–water partition coefficient (Wildman–Crippen LogP) is 3.11. The number of amides is 1. The average Bonchev–Trinajstić information content (AvgIpc) is 3.62. The lowest BCUT2D eigenvalue weighted by Crippen LogP contribution is -2.41. The van der Waals surface area contributed by atoms with Crippen LogP contribution >= 0.6 is 0 Å². The Bertz CT molecular complexity index is 1550. The SMILES string of the molecule is O=C(c1nnc(-c2cnn(C3CCC3)c2)o1)N1CCc2[nH]cnc2[C@H]1c1ncc2ccccc2n1. The number of aromatic amines is 1. The van der Waals surface area contributed by atoms with Crippen LogP contribution in [0.25, 0.3) is 22.4 Å². The Hall–Kier alpha value is -4.41. The number of hydrogen-bond donors (Lipinski definition) is 1. The Morgan fingerprint density at radius 3 is 2.91 bits per heavy atom. The van der Waals surface area contributed by atoms with Gasteiger partial charge >= 0.3 is 11.8 Å². The minimum Gasteiger partial charge on any atom is -0.412 e. The number of aromatic nitrogens is 8. The van der Waals surface area contributed by atoms with Crippen molar-refractivity contribution >= 4 is 16.8 Å². The molecule has 1 aliphatic heterocycles. The third-order valence-corrected chi connectivity index (χ3v) is 6.84. The van der Waals surface area contributed by atoms with E-state index in [1.165, 1.54) is 6.42 Å². The van der Waals surface area contributed by atoms with E-state index in [0.717, 1.165) is 35.1 Å². The minimum absolute atomic E-state index is 0.0823. The number of imidazole rings is 1. The third-order valence-electron chi connectivity index (χ3n) is 6.84. The second kappa shape index (κ2) is 7.83. The van der Waals surface area contributed by atoms with Crippen LogP contribution in [-0.2, 0) is 6.42 Å². The molecule has 5 aromatic rings. The number of nitrogens with one attached hydrogen (secondary N) is 1. The van der Waals surface area contributed by atoms with Crippen molar-refractivity contribution in [3.05, 3.63) is 72.3 Å². The molecule has 4 aromatic heterocycles. The summed E-state index contributed by atoms with van der Waals surface area (Å²) in [4.78, 5) is 32.3. The number of benzene rings is 1. The average molecular weight is 467 g/mol. The van der Waals surface area contributed by atoms with E-state index in [1.807, 2.05) is 35.1 Å².